The van der Waals surface area contributed by atoms with Crippen molar-refractivity contribution in [2.75, 3.05) is 0 Å². The lowest BCUT2D eigenvalue weighted by Crippen LogP contribution is -2.35. The van der Waals surface area contributed by atoms with Crippen LogP contribution >= 0.6 is 11.6 Å². The summed E-state index contributed by atoms with van der Waals surface area (Å²) in [6.45, 7) is 3.88. The highest BCUT2D eigenvalue weighted by Crippen LogP contribution is 2.35. The Morgan fingerprint density at radius 1 is 1.41 bits per heavy atom. The SMILES string of the molecule is Cc1cc(Cl)c(C(=O)NC2(C#N)CC2)cc1C. The number of benzene rings is 1. The molecule has 0 aliphatic heterocycles. The Labute approximate surface area is 105 Å². The van der Waals surface area contributed by atoms with Crippen molar-refractivity contribution in [2.45, 2.75) is 32.2 Å². The Kier molecular flexibility index (Phi) is 2.84. The predicted molar refractivity (Wildman–Crippen MR) is 66.0 cm³/mol. The van der Waals surface area contributed by atoms with Crippen molar-refractivity contribution < 1.29 is 4.79 Å². The first-order valence-corrected chi connectivity index (χ1v) is 5.86. The highest BCUT2D eigenvalue weighted by atomic mass is 35.5. The van der Waals surface area contributed by atoms with Crippen molar-refractivity contribution in [2.24, 2.45) is 0 Å². The molecule has 0 bridgehead atoms. The first-order chi connectivity index (χ1) is 7.97. The molecule has 1 aliphatic rings. The lowest BCUT2D eigenvalue weighted by Gasteiger charge is -2.12. The first kappa shape index (κ1) is 11.9. The third kappa shape index (κ3) is 2.27. The molecule has 0 saturated heterocycles. The van der Waals surface area contributed by atoms with E-state index in [-0.39, 0.29) is 5.91 Å². The largest absolute Gasteiger partial charge is 0.334 e. The number of aryl methyl sites for hydroxylation is 2. The van der Waals surface area contributed by atoms with E-state index in [1.807, 2.05) is 13.8 Å². The normalized spacial score (nSPS) is 16.1. The highest BCUT2D eigenvalue weighted by Gasteiger charge is 2.44. The molecule has 0 aromatic heterocycles. The second kappa shape index (κ2) is 4.05. The van der Waals surface area contributed by atoms with Gasteiger partial charge in [-0.05, 0) is 49.9 Å². The average Bonchev–Trinajstić information content (AvgIpc) is 3.04. The maximum Gasteiger partial charge on any atom is 0.254 e. The Balaban J connectivity index is 2.26. The van der Waals surface area contributed by atoms with Crippen molar-refractivity contribution in [3.05, 3.63) is 33.8 Å². The van der Waals surface area contributed by atoms with E-state index in [1.165, 1.54) is 0 Å². The van der Waals surface area contributed by atoms with E-state index in [1.54, 1.807) is 12.1 Å². The summed E-state index contributed by atoms with van der Waals surface area (Å²) in [5, 5.41) is 12.1. The summed E-state index contributed by atoms with van der Waals surface area (Å²) in [5.41, 5.74) is 1.85. The summed E-state index contributed by atoms with van der Waals surface area (Å²) in [5.74, 6) is -0.267. The number of halogens is 1. The quantitative estimate of drug-likeness (QED) is 0.875. The number of hydrogen-bond acceptors (Lipinski definition) is 2. The molecule has 17 heavy (non-hydrogen) atoms. The van der Waals surface area contributed by atoms with Gasteiger partial charge in [-0.1, -0.05) is 11.6 Å². The van der Waals surface area contributed by atoms with Gasteiger partial charge in [-0.25, -0.2) is 0 Å². The van der Waals surface area contributed by atoms with Crippen molar-refractivity contribution in [1.29, 1.82) is 5.26 Å². The van der Waals surface area contributed by atoms with Gasteiger partial charge in [-0.3, -0.25) is 4.79 Å². The summed E-state index contributed by atoms with van der Waals surface area (Å²) in [6, 6.07) is 5.66. The van der Waals surface area contributed by atoms with Gasteiger partial charge in [0, 0.05) is 0 Å². The molecule has 1 aromatic rings. The minimum absolute atomic E-state index is 0.267. The van der Waals surface area contributed by atoms with E-state index in [2.05, 4.69) is 11.4 Å². The predicted octanol–water partition coefficient (Wildman–Crippen LogP) is 2.74. The van der Waals surface area contributed by atoms with Gasteiger partial charge in [-0.15, -0.1) is 0 Å². The number of nitrogens with zero attached hydrogens (tertiary/aromatic N) is 1. The Bertz CT molecular complexity index is 527. The lowest BCUT2D eigenvalue weighted by molar-refractivity contribution is 0.0941. The molecule has 1 aliphatic carbocycles. The van der Waals surface area contributed by atoms with Crippen LogP contribution < -0.4 is 5.32 Å². The zero-order valence-corrected chi connectivity index (χ0v) is 10.6. The van der Waals surface area contributed by atoms with E-state index in [9.17, 15) is 4.79 Å². The second-order valence-electron chi connectivity index (χ2n) is 4.56. The van der Waals surface area contributed by atoms with Gasteiger partial charge in [0.15, 0.2) is 0 Å². The summed E-state index contributed by atoms with van der Waals surface area (Å²) in [7, 11) is 0. The fourth-order valence-electron chi connectivity index (χ4n) is 1.63. The zero-order valence-electron chi connectivity index (χ0n) is 9.80. The van der Waals surface area contributed by atoms with Gasteiger partial charge in [0.25, 0.3) is 5.91 Å². The number of carbonyl (C=O) groups is 1. The van der Waals surface area contributed by atoms with Gasteiger partial charge in [0.1, 0.15) is 5.54 Å². The molecule has 1 fully saturated rings. The van der Waals surface area contributed by atoms with Crippen molar-refractivity contribution in [1.82, 2.24) is 5.32 Å². The fraction of sp³-hybridized carbons (Fsp3) is 0.385. The fourth-order valence-corrected chi connectivity index (χ4v) is 1.93. The van der Waals surface area contributed by atoms with Crippen LogP contribution in [-0.4, -0.2) is 11.4 Å². The number of rotatable bonds is 2. The third-order valence-electron chi connectivity index (χ3n) is 3.14. The summed E-state index contributed by atoms with van der Waals surface area (Å²) >= 11 is 6.05. The molecule has 3 nitrogen and oxygen atoms in total. The van der Waals surface area contributed by atoms with Gasteiger partial charge < -0.3 is 5.32 Å². The number of hydrogen-bond donors (Lipinski definition) is 1. The smallest absolute Gasteiger partial charge is 0.254 e. The molecule has 0 spiro atoms. The van der Waals surface area contributed by atoms with Gasteiger partial charge in [-0.2, -0.15) is 5.26 Å². The van der Waals surface area contributed by atoms with Crippen molar-refractivity contribution in [3.8, 4) is 6.07 Å². The maximum absolute atomic E-state index is 12.0. The van der Waals surface area contributed by atoms with E-state index in [0.717, 1.165) is 24.0 Å². The van der Waals surface area contributed by atoms with Crippen LogP contribution in [0.25, 0.3) is 0 Å². The monoisotopic (exact) mass is 248 g/mol. The Morgan fingerprint density at radius 2 is 2.00 bits per heavy atom. The molecular weight excluding hydrogens is 236 g/mol. The second-order valence-corrected chi connectivity index (χ2v) is 4.97. The van der Waals surface area contributed by atoms with E-state index in [0.29, 0.717) is 10.6 Å². The minimum Gasteiger partial charge on any atom is -0.334 e. The molecule has 1 saturated carbocycles. The van der Waals surface area contributed by atoms with Crippen LogP contribution in [-0.2, 0) is 0 Å². The van der Waals surface area contributed by atoms with Crippen LogP contribution in [0.15, 0.2) is 12.1 Å². The number of amides is 1. The first-order valence-electron chi connectivity index (χ1n) is 5.48. The summed E-state index contributed by atoms with van der Waals surface area (Å²) < 4.78 is 0. The van der Waals surface area contributed by atoms with Gasteiger partial charge in [0.05, 0.1) is 16.7 Å². The molecule has 1 amide bonds. The summed E-state index contributed by atoms with van der Waals surface area (Å²) in [4.78, 5) is 12.0. The lowest BCUT2D eigenvalue weighted by atomic mass is 10.1. The van der Waals surface area contributed by atoms with Crippen LogP contribution in [0, 0.1) is 25.2 Å². The molecule has 1 aromatic carbocycles. The van der Waals surface area contributed by atoms with Crippen LogP contribution in [0.3, 0.4) is 0 Å². The third-order valence-corrected chi connectivity index (χ3v) is 3.46. The molecule has 0 unspecified atom stereocenters. The van der Waals surface area contributed by atoms with E-state index >= 15 is 0 Å². The topological polar surface area (TPSA) is 52.9 Å². The number of carbonyl (C=O) groups excluding carboxylic acids is 1. The number of nitriles is 1. The molecule has 0 atom stereocenters. The van der Waals surface area contributed by atoms with Gasteiger partial charge in [0.2, 0.25) is 0 Å². The van der Waals surface area contributed by atoms with Crippen LogP contribution in [0.2, 0.25) is 5.02 Å². The molecule has 1 N–H and O–H groups in total. The number of nitrogens with one attached hydrogen (secondary N) is 1. The standard InChI is InChI=1S/C13H13ClN2O/c1-8-5-10(11(14)6-9(8)2)12(17)16-13(7-15)3-4-13/h5-6H,3-4H2,1-2H3,(H,16,17). The zero-order chi connectivity index (χ0) is 12.6. The molecule has 4 heteroatoms. The van der Waals surface area contributed by atoms with E-state index in [4.69, 9.17) is 16.9 Å². The van der Waals surface area contributed by atoms with Gasteiger partial charge >= 0.3 is 0 Å². The van der Waals surface area contributed by atoms with Crippen LogP contribution in [0.5, 0.6) is 0 Å². The van der Waals surface area contributed by atoms with Crippen molar-refractivity contribution in [3.63, 3.8) is 0 Å². The molecule has 0 radical (unpaired) electrons. The minimum atomic E-state index is -0.654. The molecule has 2 rings (SSSR count). The van der Waals surface area contributed by atoms with Crippen LogP contribution in [0.4, 0.5) is 0 Å². The maximum atomic E-state index is 12.0. The molecular formula is C13H13ClN2O. The molecule has 0 heterocycles. The Hall–Kier alpha value is -1.53. The van der Waals surface area contributed by atoms with E-state index < -0.39 is 5.54 Å². The Morgan fingerprint density at radius 3 is 2.53 bits per heavy atom. The summed E-state index contributed by atoms with van der Waals surface area (Å²) in [6.07, 6.45) is 1.44. The highest BCUT2D eigenvalue weighted by molar-refractivity contribution is 6.34. The molecule has 88 valence electrons. The van der Waals surface area contributed by atoms with Crippen LogP contribution in [0.1, 0.15) is 34.3 Å². The van der Waals surface area contributed by atoms with Crippen molar-refractivity contribution >= 4 is 17.5 Å². The average molecular weight is 249 g/mol.